The highest BCUT2D eigenvalue weighted by Gasteiger charge is 2.11. The van der Waals surface area contributed by atoms with Crippen LogP contribution in [0.5, 0.6) is 0 Å². The van der Waals surface area contributed by atoms with Gasteiger partial charge in [-0.1, -0.05) is 12.1 Å². The number of nitrogens with one attached hydrogen (secondary N) is 5. The Morgan fingerprint density at radius 3 is 2.51 bits per heavy atom. The summed E-state index contributed by atoms with van der Waals surface area (Å²) in [5.41, 5.74) is 6.01. The predicted molar refractivity (Wildman–Crippen MR) is 141 cm³/mol. The first-order valence-corrected chi connectivity index (χ1v) is 12.2. The summed E-state index contributed by atoms with van der Waals surface area (Å²) in [5, 5.41) is 12.6. The summed E-state index contributed by atoms with van der Waals surface area (Å²) >= 11 is 0. The lowest BCUT2D eigenvalue weighted by Crippen LogP contribution is -2.42. The van der Waals surface area contributed by atoms with Gasteiger partial charge in [0.15, 0.2) is 0 Å². The van der Waals surface area contributed by atoms with Gasteiger partial charge in [0, 0.05) is 80.3 Å². The first kappa shape index (κ1) is 21.6. The van der Waals surface area contributed by atoms with E-state index in [1.807, 2.05) is 12.3 Å². The largest absolute Gasteiger partial charge is 0.366 e. The molecule has 1 aliphatic rings. The number of fused-ring (bicyclic) bond motifs is 2. The van der Waals surface area contributed by atoms with Gasteiger partial charge in [0.2, 0.25) is 5.95 Å². The smallest absolute Gasteiger partial charge is 0.224 e. The molecule has 8 heteroatoms. The molecule has 3 aromatic heterocycles. The molecule has 0 bridgehead atoms. The number of rotatable bonds is 8. The van der Waals surface area contributed by atoms with Crippen molar-refractivity contribution >= 4 is 33.6 Å². The van der Waals surface area contributed by atoms with Crippen molar-refractivity contribution in [1.29, 1.82) is 0 Å². The molecule has 5 N–H and O–H groups in total. The Bertz CT molecular complexity index is 1430. The molecule has 0 saturated carbocycles. The minimum Gasteiger partial charge on any atom is -0.366 e. The Labute approximate surface area is 204 Å². The maximum absolute atomic E-state index is 4.63. The number of aromatic amines is 2. The van der Waals surface area contributed by atoms with Crippen LogP contribution in [0.1, 0.15) is 16.8 Å². The molecule has 1 fully saturated rings. The van der Waals surface area contributed by atoms with E-state index < -0.39 is 0 Å². The van der Waals surface area contributed by atoms with Crippen LogP contribution >= 0.6 is 0 Å². The van der Waals surface area contributed by atoms with Crippen molar-refractivity contribution in [2.24, 2.45) is 0 Å². The predicted octanol–water partition coefficient (Wildman–Crippen LogP) is 4.07. The lowest BCUT2D eigenvalue weighted by molar-refractivity contribution is 0.231. The van der Waals surface area contributed by atoms with Crippen molar-refractivity contribution in [3.8, 4) is 0 Å². The second kappa shape index (κ2) is 9.77. The van der Waals surface area contributed by atoms with Crippen molar-refractivity contribution in [3.63, 3.8) is 0 Å². The number of benzene rings is 2. The van der Waals surface area contributed by atoms with Gasteiger partial charge in [-0.05, 0) is 59.0 Å². The molecule has 6 rings (SSSR count). The van der Waals surface area contributed by atoms with Gasteiger partial charge in [0.25, 0.3) is 0 Å². The van der Waals surface area contributed by atoms with Crippen molar-refractivity contribution in [2.45, 2.75) is 19.6 Å². The molecule has 0 spiro atoms. The summed E-state index contributed by atoms with van der Waals surface area (Å²) in [5.74, 6) is 1.42. The van der Waals surface area contributed by atoms with E-state index in [1.165, 1.54) is 33.1 Å². The average Bonchev–Trinajstić information content (AvgIpc) is 3.53. The molecule has 35 heavy (non-hydrogen) atoms. The lowest BCUT2D eigenvalue weighted by Gasteiger charge is -2.26. The van der Waals surface area contributed by atoms with Crippen LogP contribution in [0, 0.1) is 0 Å². The fourth-order valence-electron chi connectivity index (χ4n) is 4.68. The van der Waals surface area contributed by atoms with Crippen LogP contribution in [-0.4, -0.2) is 51.0 Å². The standard InChI is InChI=1S/C27H30N8/c1-3-24-21(5-7-29-24)13-19(1)16-31-26-6-8-30-27(34-26)32-17-20-2-4-25-22(14-20)15-23(33-25)18-35-11-9-28-10-12-35/h1-8,13-15,28-29,33H,9-12,16-18H2,(H2,30,31,32,34). The van der Waals surface area contributed by atoms with Crippen LogP contribution in [-0.2, 0) is 19.6 Å². The maximum Gasteiger partial charge on any atom is 0.224 e. The van der Waals surface area contributed by atoms with Crippen molar-refractivity contribution in [3.05, 3.63) is 83.8 Å². The molecule has 8 nitrogen and oxygen atoms in total. The number of nitrogens with zero attached hydrogens (tertiary/aromatic N) is 3. The second-order valence-corrected chi connectivity index (χ2v) is 9.11. The van der Waals surface area contributed by atoms with E-state index in [9.17, 15) is 0 Å². The highest BCUT2D eigenvalue weighted by atomic mass is 15.2. The maximum atomic E-state index is 4.63. The van der Waals surface area contributed by atoms with E-state index in [2.05, 4.69) is 89.3 Å². The van der Waals surface area contributed by atoms with Crippen LogP contribution < -0.4 is 16.0 Å². The van der Waals surface area contributed by atoms with Gasteiger partial charge in [0.05, 0.1) is 0 Å². The van der Waals surface area contributed by atoms with Crippen LogP contribution in [0.2, 0.25) is 0 Å². The average molecular weight is 467 g/mol. The third-order valence-corrected chi connectivity index (χ3v) is 6.54. The van der Waals surface area contributed by atoms with Gasteiger partial charge in [-0.25, -0.2) is 4.98 Å². The van der Waals surface area contributed by atoms with E-state index in [-0.39, 0.29) is 0 Å². The molecule has 1 saturated heterocycles. The normalized spacial score (nSPS) is 14.5. The monoisotopic (exact) mass is 466 g/mol. The van der Waals surface area contributed by atoms with E-state index >= 15 is 0 Å². The molecule has 1 aliphatic heterocycles. The highest BCUT2D eigenvalue weighted by Crippen LogP contribution is 2.20. The van der Waals surface area contributed by atoms with Crippen LogP contribution in [0.3, 0.4) is 0 Å². The van der Waals surface area contributed by atoms with Crippen LogP contribution in [0.15, 0.2) is 67.0 Å². The van der Waals surface area contributed by atoms with Crippen molar-refractivity contribution in [1.82, 2.24) is 30.2 Å². The molecule has 0 amide bonds. The van der Waals surface area contributed by atoms with Crippen molar-refractivity contribution in [2.75, 3.05) is 36.8 Å². The highest BCUT2D eigenvalue weighted by molar-refractivity contribution is 5.81. The third kappa shape index (κ3) is 5.13. The fraction of sp³-hybridized carbons (Fsp3) is 0.259. The van der Waals surface area contributed by atoms with Gasteiger partial charge in [-0.15, -0.1) is 0 Å². The molecular weight excluding hydrogens is 436 g/mol. The van der Waals surface area contributed by atoms with Gasteiger partial charge >= 0.3 is 0 Å². The minimum atomic E-state index is 0.615. The zero-order valence-electron chi connectivity index (χ0n) is 19.6. The van der Waals surface area contributed by atoms with Crippen LogP contribution in [0.25, 0.3) is 21.8 Å². The Morgan fingerprint density at radius 2 is 1.63 bits per heavy atom. The summed E-state index contributed by atoms with van der Waals surface area (Å²) in [6.45, 7) is 6.67. The minimum absolute atomic E-state index is 0.615. The number of hydrogen-bond acceptors (Lipinski definition) is 6. The number of aromatic nitrogens is 4. The van der Waals surface area contributed by atoms with Crippen LogP contribution in [0.4, 0.5) is 11.8 Å². The summed E-state index contributed by atoms with van der Waals surface area (Å²) in [6, 6.07) is 19.2. The zero-order chi connectivity index (χ0) is 23.5. The van der Waals surface area contributed by atoms with E-state index in [0.717, 1.165) is 44.1 Å². The second-order valence-electron chi connectivity index (χ2n) is 9.11. The molecule has 5 aromatic rings. The Kier molecular flexibility index (Phi) is 6.04. The Balaban J connectivity index is 1.07. The number of piperazine rings is 1. The summed E-state index contributed by atoms with van der Waals surface area (Å²) < 4.78 is 0. The van der Waals surface area contributed by atoms with Gasteiger partial charge in [0.1, 0.15) is 5.82 Å². The Morgan fingerprint density at radius 1 is 0.829 bits per heavy atom. The molecule has 4 heterocycles. The number of hydrogen-bond donors (Lipinski definition) is 5. The number of H-pyrrole nitrogens is 2. The first-order valence-electron chi connectivity index (χ1n) is 12.2. The van der Waals surface area contributed by atoms with E-state index in [4.69, 9.17) is 0 Å². The molecule has 0 atom stereocenters. The lowest BCUT2D eigenvalue weighted by atomic mass is 10.1. The molecule has 178 valence electrons. The van der Waals surface area contributed by atoms with Crippen molar-refractivity contribution < 1.29 is 0 Å². The molecule has 0 unspecified atom stereocenters. The van der Waals surface area contributed by atoms with E-state index in [1.54, 1.807) is 6.20 Å². The van der Waals surface area contributed by atoms with Gasteiger partial charge in [-0.3, -0.25) is 4.90 Å². The summed E-state index contributed by atoms with van der Waals surface area (Å²) in [6.07, 6.45) is 3.75. The summed E-state index contributed by atoms with van der Waals surface area (Å²) in [4.78, 5) is 18.3. The first-order chi connectivity index (χ1) is 17.3. The number of anilines is 2. The molecule has 0 aliphatic carbocycles. The SMILES string of the molecule is c1cc(NCc2ccc3[nH]ccc3c2)nc(NCc2ccc3[nH]c(CN4CCNCC4)cc3c2)n1. The topological polar surface area (TPSA) is 96.7 Å². The van der Waals surface area contributed by atoms with Gasteiger partial charge in [-0.2, -0.15) is 4.98 Å². The summed E-state index contributed by atoms with van der Waals surface area (Å²) in [7, 11) is 0. The molecule has 2 aromatic carbocycles. The molecule has 0 radical (unpaired) electrons. The third-order valence-electron chi connectivity index (χ3n) is 6.54. The van der Waals surface area contributed by atoms with E-state index in [0.29, 0.717) is 19.0 Å². The molecular formula is C27H30N8. The van der Waals surface area contributed by atoms with Gasteiger partial charge < -0.3 is 25.9 Å². The Hall–Kier alpha value is -3.88. The quantitative estimate of drug-likeness (QED) is 0.237. The fourth-order valence-corrected chi connectivity index (χ4v) is 4.68. The zero-order valence-corrected chi connectivity index (χ0v) is 19.6.